The standard InChI is InChI=1S/C53H38N2O/c1-4-14-37(15-5-1)39-28-32-44(33-29-39)55(51-23-13-12-20-46(51)41-16-6-2-7-17-41)45-34-30-40(31-35-45)38-24-26-42(27-25-38)49-36-50-52(48-22-11-10-21-47(48)49)56-53(54-50)43-18-8-3-9-19-43/h1-28,30-36,39H,29H2. The van der Waals surface area contributed by atoms with E-state index in [1.54, 1.807) is 0 Å². The van der Waals surface area contributed by atoms with E-state index in [1.165, 1.54) is 28.0 Å². The van der Waals surface area contributed by atoms with E-state index in [0.29, 0.717) is 11.8 Å². The van der Waals surface area contributed by atoms with Crippen molar-refractivity contribution < 1.29 is 4.42 Å². The summed E-state index contributed by atoms with van der Waals surface area (Å²) in [5.74, 6) is 0.995. The lowest BCUT2D eigenvalue weighted by atomic mass is 9.91. The lowest BCUT2D eigenvalue weighted by molar-refractivity contribution is 0.623. The summed E-state index contributed by atoms with van der Waals surface area (Å²) in [6.45, 7) is 0. The fraction of sp³-hybridized carbons (Fsp3) is 0.0377. The Kier molecular flexibility index (Phi) is 8.66. The van der Waals surface area contributed by atoms with Crippen LogP contribution in [0.5, 0.6) is 0 Å². The van der Waals surface area contributed by atoms with Crippen molar-refractivity contribution in [3.05, 3.63) is 224 Å². The van der Waals surface area contributed by atoms with Crippen LogP contribution in [-0.4, -0.2) is 4.98 Å². The molecule has 1 atom stereocenters. The number of rotatable bonds is 8. The largest absolute Gasteiger partial charge is 0.435 e. The third-order valence-corrected chi connectivity index (χ3v) is 10.9. The van der Waals surface area contributed by atoms with Gasteiger partial charge < -0.3 is 9.32 Å². The van der Waals surface area contributed by atoms with E-state index in [2.05, 4.69) is 187 Å². The first kappa shape index (κ1) is 33.3. The molecule has 10 rings (SSSR count). The Balaban J connectivity index is 0.987. The van der Waals surface area contributed by atoms with Crippen LogP contribution in [0.2, 0.25) is 0 Å². The first-order chi connectivity index (χ1) is 27.8. The predicted octanol–water partition coefficient (Wildman–Crippen LogP) is 14.4. The molecule has 1 aromatic heterocycles. The van der Waals surface area contributed by atoms with Crippen LogP contribution in [0.3, 0.4) is 0 Å². The molecule has 1 heterocycles. The Hall–Kier alpha value is -7.23. The van der Waals surface area contributed by atoms with E-state index >= 15 is 0 Å². The number of anilines is 2. The molecule has 3 heteroatoms. The second-order valence-electron chi connectivity index (χ2n) is 14.3. The maximum absolute atomic E-state index is 6.36. The minimum absolute atomic E-state index is 0.360. The molecule has 1 aliphatic carbocycles. The molecule has 0 N–H and O–H groups in total. The summed E-state index contributed by atoms with van der Waals surface area (Å²) in [6, 6.07) is 68.7. The summed E-state index contributed by atoms with van der Waals surface area (Å²) in [7, 11) is 0. The highest BCUT2D eigenvalue weighted by atomic mass is 16.3. The highest BCUT2D eigenvalue weighted by Crippen LogP contribution is 2.42. The minimum Gasteiger partial charge on any atom is -0.435 e. The Morgan fingerprint density at radius 1 is 0.500 bits per heavy atom. The van der Waals surface area contributed by atoms with Crippen LogP contribution in [-0.2, 0) is 0 Å². The summed E-state index contributed by atoms with van der Waals surface area (Å²) in [5.41, 5.74) is 14.4. The Morgan fingerprint density at radius 2 is 1.07 bits per heavy atom. The molecule has 0 radical (unpaired) electrons. The zero-order valence-corrected chi connectivity index (χ0v) is 30.8. The van der Waals surface area contributed by atoms with E-state index in [9.17, 15) is 0 Å². The summed E-state index contributed by atoms with van der Waals surface area (Å²) >= 11 is 0. The van der Waals surface area contributed by atoms with Gasteiger partial charge in [-0.2, -0.15) is 0 Å². The zero-order chi connectivity index (χ0) is 37.3. The summed E-state index contributed by atoms with van der Waals surface area (Å²) < 4.78 is 6.36. The molecule has 3 nitrogen and oxygen atoms in total. The lowest BCUT2D eigenvalue weighted by Crippen LogP contribution is -2.18. The number of para-hydroxylation sites is 1. The van der Waals surface area contributed by atoms with Gasteiger partial charge in [-0.15, -0.1) is 0 Å². The van der Waals surface area contributed by atoms with Crippen LogP contribution in [0.15, 0.2) is 222 Å². The Labute approximate surface area is 327 Å². The number of aromatic nitrogens is 1. The molecule has 0 saturated heterocycles. The van der Waals surface area contributed by atoms with Crippen molar-refractivity contribution in [2.45, 2.75) is 12.3 Å². The number of nitrogens with zero attached hydrogens (tertiary/aromatic N) is 2. The van der Waals surface area contributed by atoms with Gasteiger partial charge in [-0.25, -0.2) is 4.98 Å². The van der Waals surface area contributed by atoms with Crippen molar-refractivity contribution in [2.24, 2.45) is 0 Å². The molecule has 0 amide bonds. The van der Waals surface area contributed by atoms with Crippen LogP contribution in [0.4, 0.5) is 11.4 Å². The topological polar surface area (TPSA) is 29.3 Å². The van der Waals surface area contributed by atoms with Crippen molar-refractivity contribution in [3.8, 4) is 44.8 Å². The molecule has 9 aromatic rings. The molecule has 0 bridgehead atoms. The Morgan fingerprint density at radius 3 is 1.77 bits per heavy atom. The number of benzene rings is 8. The first-order valence-electron chi connectivity index (χ1n) is 19.2. The number of allylic oxidation sites excluding steroid dienone is 3. The van der Waals surface area contributed by atoms with Crippen molar-refractivity contribution in [1.82, 2.24) is 4.98 Å². The van der Waals surface area contributed by atoms with Crippen LogP contribution in [0.25, 0.3) is 66.7 Å². The highest BCUT2D eigenvalue weighted by Gasteiger charge is 2.21. The predicted molar refractivity (Wildman–Crippen MR) is 233 cm³/mol. The third-order valence-electron chi connectivity index (χ3n) is 10.9. The smallest absolute Gasteiger partial charge is 0.227 e. The lowest BCUT2D eigenvalue weighted by Gasteiger charge is -2.31. The van der Waals surface area contributed by atoms with E-state index < -0.39 is 0 Å². The maximum Gasteiger partial charge on any atom is 0.227 e. The van der Waals surface area contributed by atoms with Gasteiger partial charge in [0.05, 0.1) is 5.69 Å². The van der Waals surface area contributed by atoms with Crippen molar-refractivity contribution >= 4 is 33.2 Å². The highest BCUT2D eigenvalue weighted by molar-refractivity contribution is 6.11. The first-order valence-corrected chi connectivity index (χ1v) is 19.2. The molecule has 8 aromatic carbocycles. The van der Waals surface area contributed by atoms with Crippen molar-refractivity contribution in [3.63, 3.8) is 0 Å². The molecule has 1 unspecified atom stereocenters. The van der Waals surface area contributed by atoms with Gasteiger partial charge >= 0.3 is 0 Å². The number of hydrogen-bond donors (Lipinski definition) is 0. The molecule has 266 valence electrons. The quantitative estimate of drug-likeness (QED) is 0.157. The normalized spacial score (nSPS) is 13.9. The summed E-state index contributed by atoms with van der Waals surface area (Å²) in [5, 5.41) is 2.20. The van der Waals surface area contributed by atoms with Gasteiger partial charge in [0, 0.05) is 33.8 Å². The van der Waals surface area contributed by atoms with E-state index in [-0.39, 0.29) is 0 Å². The summed E-state index contributed by atoms with van der Waals surface area (Å²) in [6.07, 6.45) is 7.97. The number of fused-ring (bicyclic) bond motifs is 3. The van der Waals surface area contributed by atoms with Gasteiger partial charge in [-0.3, -0.25) is 0 Å². The number of oxazole rings is 1. The SMILES string of the molecule is C1=CC(c2ccccc2)CC=C1N(c1ccc(-c2ccc(-c3cc4nc(-c5ccccc5)oc4c4ccccc34)cc2)cc1)c1ccccc1-c1ccccc1. The van der Waals surface area contributed by atoms with Gasteiger partial charge in [-0.1, -0.05) is 170 Å². The maximum atomic E-state index is 6.36. The average Bonchev–Trinajstić information content (AvgIpc) is 3.73. The van der Waals surface area contributed by atoms with Gasteiger partial charge in [0.15, 0.2) is 5.58 Å². The van der Waals surface area contributed by atoms with Gasteiger partial charge in [0.2, 0.25) is 5.89 Å². The van der Waals surface area contributed by atoms with Crippen LogP contribution < -0.4 is 4.90 Å². The fourth-order valence-electron chi connectivity index (χ4n) is 8.02. The average molecular weight is 719 g/mol. The molecule has 56 heavy (non-hydrogen) atoms. The fourth-order valence-corrected chi connectivity index (χ4v) is 8.02. The molecule has 0 aliphatic heterocycles. The monoisotopic (exact) mass is 718 g/mol. The molecule has 0 spiro atoms. The van der Waals surface area contributed by atoms with Gasteiger partial charge in [0.1, 0.15) is 5.52 Å². The van der Waals surface area contributed by atoms with E-state index in [1.807, 2.05) is 30.3 Å². The zero-order valence-electron chi connectivity index (χ0n) is 30.8. The minimum atomic E-state index is 0.360. The van der Waals surface area contributed by atoms with Gasteiger partial charge in [-0.05, 0) is 87.7 Å². The van der Waals surface area contributed by atoms with Crippen LogP contribution >= 0.6 is 0 Å². The molecule has 0 saturated carbocycles. The van der Waals surface area contributed by atoms with Gasteiger partial charge in [0.25, 0.3) is 0 Å². The van der Waals surface area contributed by atoms with Crippen molar-refractivity contribution in [2.75, 3.05) is 4.90 Å². The molecule has 0 fully saturated rings. The number of hydrogen-bond acceptors (Lipinski definition) is 3. The van der Waals surface area contributed by atoms with Crippen LogP contribution in [0, 0.1) is 0 Å². The van der Waals surface area contributed by atoms with Crippen LogP contribution in [0.1, 0.15) is 17.9 Å². The third kappa shape index (κ3) is 6.29. The van der Waals surface area contributed by atoms with E-state index in [0.717, 1.165) is 61.9 Å². The summed E-state index contributed by atoms with van der Waals surface area (Å²) in [4.78, 5) is 7.33. The Bertz CT molecular complexity index is 2850. The molecular formula is C53H38N2O. The van der Waals surface area contributed by atoms with Crippen molar-refractivity contribution in [1.29, 1.82) is 0 Å². The molecule has 1 aliphatic rings. The molecular weight excluding hydrogens is 681 g/mol. The van der Waals surface area contributed by atoms with E-state index in [4.69, 9.17) is 9.40 Å². The second-order valence-corrected chi connectivity index (χ2v) is 14.3. The second kappa shape index (κ2) is 14.5.